The first-order valence-corrected chi connectivity index (χ1v) is 6.20. The highest BCUT2D eigenvalue weighted by Gasteiger charge is 2.28. The normalized spacial score (nSPS) is 25.8. The van der Waals surface area contributed by atoms with Gasteiger partial charge in [-0.25, -0.2) is 9.80 Å². The summed E-state index contributed by atoms with van der Waals surface area (Å²) in [4.78, 5) is 11.6. The van der Waals surface area contributed by atoms with E-state index in [2.05, 4.69) is 5.43 Å². The molecule has 0 aromatic carbocycles. The molecular weight excluding hydrogens is 220 g/mol. The lowest BCUT2D eigenvalue weighted by Gasteiger charge is -2.35. The quantitative estimate of drug-likeness (QED) is 0.725. The zero-order chi connectivity index (χ0) is 13.1. The Morgan fingerprint density at radius 1 is 1.35 bits per heavy atom. The molecule has 0 aromatic rings. The van der Waals surface area contributed by atoms with Crippen molar-refractivity contribution in [3.05, 3.63) is 0 Å². The molecule has 5 heteroatoms. The molecule has 5 nitrogen and oxygen atoms in total. The number of hydrogen-bond acceptors (Lipinski definition) is 4. The predicted molar refractivity (Wildman–Crippen MR) is 65.4 cm³/mol. The molecule has 0 heterocycles. The molecule has 1 fully saturated rings. The van der Waals surface area contributed by atoms with Crippen molar-refractivity contribution in [3.8, 4) is 0 Å². The molecule has 1 aliphatic rings. The predicted octanol–water partition coefficient (Wildman–Crippen LogP) is 1.66. The van der Waals surface area contributed by atoms with Gasteiger partial charge in [-0.15, -0.1) is 0 Å². The minimum atomic E-state index is -0.504. The van der Waals surface area contributed by atoms with Crippen molar-refractivity contribution in [1.29, 1.82) is 0 Å². The number of aliphatic hydroxyl groups is 1. The second kappa shape index (κ2) is 5.69. The van der Waals surface area contributed by atoms with Crippen molar-refractivity contribution in [2.45, 2.75) is 64.2 Å². The van der Waals surface area contributed by atoms with Crippen molar-refractivity contribution in [2.24, 2.45) is 0 Å². The lowest BCUT2D eigenvalue weighted by molar-refractivity contribution is -0.00779. The third-order valence-electron chi connectivity index (χ3n) is 2.86. The summed E-state index contributed by atoms with van der Waals surface area (Å²) in [5.41, 5.74) is 2.14. The summed E-state index contributed by atoms with van der Waals surface area (Å²) in [7, 11) is 1.77. The van der Waals surface area contributed by atoms with E-state index in [1.54, 1.807) is 12.1 Å². The van der Waals surface area contributed by atoms with E-state index in [1.807, 2.05) is 20.8 Å². The van der Waals surface area contributed by atoms with Gasteiger partial charge in [0.1, 0.15) is 5.60 Å². The van der Waals surface area contributed by atoms with Crippen LogP contribution in [0, 0.1) is 0 Å². The lowest BCUT2D eigenvalue weighted by Crippen LogP contribution is -2.52. The number of nitrogens with zero attached hydrogens (tertiary/aromatic N) is 1. The first-order chi connectivity index (χ1) is 7.79. The third kappa shape index (κ3) is 4.91. The maximum Gasteiger partial charge on any atom is 0.422 e. The second-order valence-electron chi connectivity index (χ2n) is 5.64. The van der Waals surface area contributed by atoms with Gasteiger partial charge in [0.25, 0.3) is 0 Å². The number of hydrogen-bond donors (Lipinski definition) is 2. The van der Waals surface area contributed by atoms with Crippen molar-refractivity contribution in [2.75, 3.05) is 7.05 Å². The highest BCUT2D eigenvalue weighted by molar-refractivity contribution is 5.67. The number of likely N-dealkylation sites (N-methyl/N-ethyl adjacent to an activating group) is 1. The Labute approximate surface area is 103 Å². The van der Waals surface area contributed by atoms with Crippen LogP contribution in [0.1, 0.15) is 46.5 Å². The Bertz CT molecular complexity index is 263. The van der Waals surface area contributed by atoms with Crippen LogP contribution in [0.3, 0.4) is 0 Å². The van der Waals surface area contributed by atoms with Gasteiger partial charge in [-0.05, 0) is 33.6 Å². The van der Waals surface area contributed by atoms with Crippen LogP contribution in [-0.4, -0.2) is 41.0 Å². The van der Waals surface area contributed by atoms with Crippen molar-refractivity contribution in [1.82, 2.24) is 10.4 Å². The third-order valence-corrected chi connectivity index (χ3v) is 2.86. The first kappa shape index (κ1) is 14.3. The Morgan fingerprint density at radius 2 is 1.94 bits per heavy atom. The number of amides is 1. The molecule has 17 heavy (non-hydrogen) atoms. The van der Waals surface area contributed by atoms with E-state index in [0.717, 1.165) is 25.7 Å². The molecule has 1 amide bonds. The summed E-state index contributed by atoms with van der Waals surface area (Å²) < 4.78 is 5.16. The van der Waals surface area contributed by atoms with E-state index in [4.69, 9.17) is 4.74 Å². The van der Waals surface area contributed by atoms with Crippen molar-refractivity contribution >= 4 is 6.09 Å². The molecule has 2 N–H and O–H groups in total. The topological polar surface area (TPSA) is 61.8 Å². The minimum absolute atomic E-state index is 0.0173. The zero-order valence-corrected chi connectivity index (χ0v) is 11.2. The number of rotatable bonds is 2. The molecular formula is C12H24N2O3. The van der Waals surface area contributed by atoms with Gasteiger partial charge in [-0.2, -0.15) is 0 Å². The average Bonchev–Trinajstić information content (AvgIpc) is 2.14. The molecule has 0 unspecified atom stereocenters. The van der Waals surface area contributed by atoms with Crippen LogP contribution < -0.4 is 5.43 Å². The van der Waals surface area contributed by atoms with E-state index in [1.165, 1.54) is 0 Å². The van der Waals surface area contributed by atoms with Gasteiger partial charge >= 0.3 is 6.09 Å². The highest BCUT2D eigenvalue weighted by Crippen LogP contribution is 2.21. The molecule has 0 aromatic heterocycles. The fourth-order valence-electron chi connectivity index (χ4n) is 2.07. The Morgan fingerprint density at radius 3 is 2.47 bits per heavy atom. The summed E-state index contributed by atoms with van der Waals surface area (Å²) in [6.45, 7) is 5.46. The fourth-order valence-corrected chi connectivity index (χ4v) is 2.07. The molecule has 2 atom stereocenters. The standard InChI is InChI=1S/C12H24N2O3/c1-12(2,3)17-11(16)13-14(4)9-7-5-6-8-10(9)15/h9-10,15H,5-8H2,1-4H3,(H,13,16)/t9-,10-/m1/s1. The maximum atomic E-state index is 11.6. The Kier molecular flexibility index (Phi) is 4.77. The van der Waals surface area contributed by atoms with Crippen molar-refractivity contribution < 1.29 is 14.6 Å². The maximum absolute atomic E-state index is 11.6. The van der Waals surface area contributed by atoms with Crippen LogP contribution in [0.25, 0.3) is 0 Å². The molecule has 1 saturated carbocycles. The number of hydrazine groups is 1. The highest BCUT2D eigenvalue weighted by atomic mass is 16.6. The number of carbonyl (C=O) groups excluding carboxylic acids is 1. The SMILES string of the molecule is CN(NC(=O)OC(C)(C)C)[C@@H]1CCCC[C@H]1O. The Balaban J connectivity index is 2.42. The average molecular weight is 244 g/mol. The van der Waals surface area contributed by atoms with Gasteiger partial charge in [-0.3, -0.25) is 5.43 Å². The van der Waals surface area contributed by atoms with Crippen LogP contribution in [0.2, 0.25) is 0 Å². The monoisotopic (exact) mass is 244 g/mol. The molecule has 1 rings (SSSR count). The molecule has 0 aliphatic heterocycles. The molecule has 0 bridgehead atoms. The summed E-state index contributed by atoms with van der Waals surface area (Å²) in [6.07, 6.45) is 2.99. The van der Waals surface area contributed by atoms with Gasteiger partial charge in [0.05, 0.1) is 12.1 Å². The minimum Gasteiger partial charge on any atom is -0.443 e. The number of carbonyl (C=O) groups is 1. The summed E-state index contributed by atoms with van der Waals surface area (Å²) in [6, 6.07) is -0.0173. The van der Waals surface area contributed by atoms with Gasteiger partial charge in [0.2, 0.25) is 0 Å². The first-order valence-electron chi connectivity index (χ1n) is 6.20. The van der Waals surface area contributed by atoms with Crippen LogP contribution in [0.15, 0.2) is 0 Å². The summed E-state index contributed by atoms with van der Waals surface area (Å²) in [5.74, 6) is 0. The van der Waals surface area contributed by atoms with Crippen molar-refractivity contribution in [3.63, 3.8) is 0 Å². The molecule has 100 valence electrons. The molecule has 0 radical (unpaired) electrons. The number of aliphatic hydroxyl groups excluding tert-OH is 1. The number of nitrogens with one attached hydrogen (secondary N) is 1. The van der Waals surface area contributed by atoms with Gasteiger partial charge in [0, 0.05) is 7.05 Å². The smallest absolute Gasteiger partial charge is 0.422 e. The van der Waals surface area contributed by atoms with E-state index in [0.29, 0.717) is 0 Å². The largest absolute Gasteiger partial charge is 0.443 e. The lowest BCUT2D eigenvalue weighted by atomic mass is 9.92. The molecule has 0 saturated heterocycles. The van der Waals surface area contributed by atoms with Crippen LogP contribution in [0.4, 0.5) is 4.79 Å². The molecule has 1 aliphatic carbocycles. The van der Waals surface area contributed by atoms with Crippen LogP contribution >= 0.6 is 0 Å². The van der Waals surface area contributed by atoms with Gasteiger partial charge in [0.15, 0.2) is 0 Å². The van der Waals surface area contributed by atoms with E-state index < -0.39 is 11.7 Å². The molecule has 0 spiro atoms. The van der Waals surface area contributed by atoms with E-state index in [-0.39, 0.29) is 12.1 Å². The fraction of sp³-hybridized carbons (Fsp3) is 0.917. The Hall–Kier alpha value is -0.810. The summed E-state index contributed by atoms with van der Waals surface area (Å²) in [5, 5.41) is 11.5. The second-order valence-corrected chi connectivity index (χ2v) is 5.64. The zero-order valence-electron chi connectivity index (χ0n) is 11.2. The van der Waals surface area contributed by atoms with E-state index >= 15 is 0 Å². The van der Waals surface area contributed by atoms with Crippen LogP contribution in [-0.2, 0) is 4.74 Å². The summed E-state index contributed by atoms with van der Waals surface area (Å²) >= 11 is 0. The van der Waals surface area contributed by atoms with Gasteiger partial charge in [-0.1, -0.05) is 12.8 Å². The van der Waals surface area contributed by atoms with Crippen LogP contribution in [0.5, 0.6) is 0 Å². The van der Waals surface area contributed by atoms with Gasteiger partial charge < -0.3 is 9.84 Å². The number of ether oxygens (including phenoxy) is 1. The van der Waals surface area contributed by atoms with E-state index in [9.17, 15) is 9.90 Å².